The van der Waals surface area contributed by atoms with Crippen LogP contribution in [-0.4, -0.2) is 22.7 Å². The molecule has 160 valence electrons. The number of amides is 1. The fourth-order valence-corrected chi connectivity index (χ4v) is 4.63. The Morgan fingerprint density at radius 1 is 1.22 bits per heavy atom. The van der Waals surface area contributed by atoms with Gasteiger partial charge in [0.2, 0.25) is 10.9 Å². The minimum absolute atomic E-state index is 0.00494. The van der Waals surface area contributed by atoms with Crippen LogP contribution in [0.1, 0.15) is 32.7 Å². The molecule has 1 aliphatic rings. The standard InChI is InChI=1S/C23H16ClN3O4S/c1-3-10-30-15-7-4-13(5-8-15)19-18-20(28)16-11-14(24)6-9-17(16)31-21(18)22(29)27(19)23-26-25-12(2)32-23/h3-9,11,19H,1,10H2,2H3/t19-/m1/s1. The van der Waals surface area contributed by atoms with Crippen LogP contribution in [0.4, 0.5) is 5.13 Å². The molecular weight excluding hydrogens is 450 g/mol. The van der Waals surface area contributed by atoms with E-state index < -0.39 is 11.9 Å². The number of ether oxygens (including phenoxy) is 1. The number of fused-ring (bicyclic) bond motifs is 2. The summed E-state index contributed by atoms with van der Waals surface area (Å²) in [6, 6.07) is 11.2. The maximum atomic E-state index is 13.5. The van der Waals surface area contributed by atoms with Crippen molar-refractivity contribution in [1.82, 2.24) is 10.2 Å². The number of carbonyl (C=O) groups is 1. The van der Waals surface area contributed by atoms with Gasteiger partial charge in [-0.05, 0) is 42.8 Å². The van der Waals surface area contributed by atoms with Gasteiger partial charge in [0.15, 0.2) is 5.43 Å². The van der Waals surface area contributed by atoms with Crippen LogP contribution < -0.4 is 15.1 Å². The lowest BCUT2D eigenvalue weighted by molar-refractivity contribution is 0.0970. The fourth-order valence-electron chi connectivity index (χ4n) is 3.74. The smallest absolute Gasteiger partial charge is 0.297 e. The molecule has 0 saturated heterocycles. The summed E-state index contributed by atoms with van der Waals surface area (Å²) >= 11 is 7.38. The lowest BCUT2D eigenvalue weighted by Crippen LogP contribution is -2.29. The zero-order chi connectivity index (χ0) is 22.4. The lowest BCUT2D eigenvalue weighted by Gasteiger charge is -2.22. The highest BCUT2D eigenvalue weighted by Gasteiger charge is 2.45. The summed E-state index contributed by atoms with van der Waals surface area (Å²) in [4.78, 5) is 28.4. The second kappa shape index (κ2) is 7.89. The molecule has 2 aromatic carbocycles. The van der Waals surface area contributed by atoms with Crippen molar-refractivity contribution in [1.29, 1.82) is 0 Å². The Kier molecular flexibility index (Phi) is 5.03. The highest BCUT2D eigenvalue weighted by atomic mass is 35.5. The zero-order valence-electron chi connectivity index (χ0n) is 16.9. The molecule has 9 heteroatoms. The van der Waals surface area contributed by atoms with Crippen molar-refractivity contribution in [2.75, 3.05) is 11.5 Å². The van der Waals surface area contributed by atoms with Gasteiger partial charge in [-0.15, -0.1) is 10.2 Å². The molecule has 0 spiro atoms. The zero-order valence-corrected chi connectivity index (χ0v) is 18.4. The maximum Gasteiger partial charge on any atom is 0.297 e. The van der Waals surface area contributed by atoms with Crippen molar-refractivity contribution in [2.24, 2.45) is 0 Å². The van der Waals surface area contributed by atoms with Crippen LogP contribution in [0.3, 0.4) is 0 Å². The molecule has 32 heavy (non-hydrogen) atoms. The van der Waals surface area contributed by atoms with Crippen LogP contribution >= 0.6 is 22.9 Å². The Morgan fingerprint density at radius 2 is 2.00 bits per heavy atom. The Morgan fingerprint density at radius 3 is 2.69 bits per heavy atom. The number of hydrogen-bond acceptors (Lipinski definition) is 7. The van der Waals surface area contributed by atoms with Crippen LogP contribution in [-0.2, 0) is 0 Å². The first kappa shape index (κ1) is 20.4. The van der Waals surface area contributed by atoms with Crippen molar-refractivity contribution in [3.8, 4) is 5.75 Å². The summed E-state index contributed by atoms with van der Waals surface area (Å²) in [5.74, 6) is 0.200. The number of hydrogen-bond donors (Lipinski definition) is 0. The van der Waals surface area contributed by atoms with E-state index in [0.29, 0.717) is 44.1 Å². The van der Waals surface area contributed by atoms with E-state index in [2.05, 4.69) is 16.8 Å². The van der Waals surface area contributed by atoms with E-state index in [0.717, 1.165) is 0 Å². The van der Waals surface area contributed by atoms with E-state index >= 15 is 0 Å². The second-order valence-electron chi connectivity index (χ2n) is 7.16. The van der Waals surface area contributed by atoms with E-state index in [4.69, 9.17) is 20.8 Å². The lowest BCUT2D eigenvalue weighted by atomic mass is 9.98. The molecule has 2 aromatic heterocycles. The molecule has 1 aliphatic heterocycles. The Labute approximate surface area is 191 Å². The van der Waals surface area contributed by atoms with E-state index in [9.17, 15) is 9.59 Å². The monoisotopic (exact) mass is 465 g/mol. The third-order valence-corrected chi connectivity index (χ3v) is 6.19. The minimum atomic E-state index is -0.724. The van der Waals surface area contributed by atoms with Gasteiger partial charge in [-0.1, -0.05) is 47.7 Å². The highest BCUT2D eigenvalue weighted by molar-refractivity contribution is 7.15. The number of rotatable bonds is 5. The molecule has 7 nitrogen and oxygen atoms in total. The maximum absolute atomic E-state index is 13.5. The molecule has 0 radical (unpaired) electrons. The molecule has 0 saturated carbocycles. The van der Waals surface area contributed by atoms with Gasteiger partial charge in [-0.3, -0.25) is 14.5 Å². The number of carbonyl (C=O) groups excluding carboxylic acids is 1. The number of anilines is 1. The quantitative estimate of drug-likeness (QED) is 0.389. The van der Waals surface area contributed by atoms with Crippen LogP contribution in [0, 0.1) is 6.92 Å². The van der Waals surface area contributed by atoms with Crippen molar-refractivity contribution in [2.45, 2.75) is 13.0 Å². The molecule has 0 unspecified atom stereocenters. The van der Waals surface area contributed by atoms with Crippen LogP contribution in [0.25, 0.3) is 11.0 Å². The van der Waals surface area contributed by atoms with Gasteiger partial charge in [0.1, 0.15) is 22.9 Å². The number of halogens is 1. The molecule has 1 atom stereocenters. The van der Waals surface area contributed by atoms with E-state index in [1.54, 1.807) is 43.3 Å². The molecule has 0 N–H and O–H groups in total. The van der Waals surface area contributed by atoms with Gasteiger partial charge in [0, 0.05) is 5.02 Å². The Balaban J connectivity index is 1.72. The molecule has 5 rings (SSSR count). The second-order valence-corrected chi connectivity index (χ2v) is 8.76. The molecule has 4 aromatic rings. The summed E-state index contributed by atoms with van der Waals surface area (Å²) < 4.78 is 11.5. The van der Waals surface area contributed by atoms with Crippen LogP contribution in [0.5, 0.6) is 5.75 Å². The van der Waals surface area contributed by atoms with Gasteiger partial charge in [0.05, 0.1) is 17.0 Å². The molecule has 0 aliphatic carbocycles. The predicted molar refractivity (Wildman–Crippen MR) is 123 cm³/mol. The SMILES string of the molecule is C=CCOc1ccc([C@@H]2c3c(oc4ccc(Cl)cc4c3=O)C(=O)N2c2nnc(C)s2)cc1. The van der Waals surface area contributed by atoms with Gasteiger partial charge in [0.25, 0.3) is 5.91 Å². The third-order valence-electron chi connectivity index (χ3n) is 5.12. The highest BCUT2D eigenvalue weighted by Crippen LogP contribution is 2.42. The van der Waals surface area contributed by atoms with Gasteiger partial charge < -0.3 is 9.15 Å². The predicted octanol–water partition coefficient (Wildman–Crippen LogP) is 4.92. The summed E-state index contributed by atoms with van der Waals surface area (Å²) in [7, 11) is 0. The summed E-state index contributed by atoms with van der Waals surface area (Å²) in [5, 5.41) is 10.0. The molecule has 0 bridgehead atoms. The number of aryl methyl sites for hydroxylation is 1. The van der Waals surface area contributed by atoms with Crippen LogP contribution in [0.2, 0.25) is 5.02 Å². The fraction of sp³-hybridized carbons (Fsp3) is 0.130. The molecule has 1 amide bonds. The first-order valence-corrected chi connectivity index (χ1v) is 10.9. The van der Waals surface area contributed by atoms with E-state index in [-0.39, 0.29) is 16.8 Å². The first-order valence-electron chi connectivity index (χ1n) is 9.71. The largest absolute Gasteiger partial charge is 0.490 e. The average Bonchev–Trinajstić information content (AvgIpc) is 3.34. The van der Waals surface area contributed by atoms with E-state index in [1.165, 1.54) is 16.2 Å². The average molecular weight is 466 g/mol. The van der Waals surface area contributed by atoms with Gasteiger partial charge in [-0.2, -0.15) is 0 Å². The Bertz CT molecular complexity index is 1430. The third kappa shape index (κ3) is 3.28. The molecule has 0 fully saturated rings. The summed E-state index contributed by atoms with van der Waals surface area (Å²) in [6.07, 6.45) is 1.65. The number of benzene rings is 2. The summed E-state index contributed by atoms with van der Waals surface area (Å²) in [6.45, 7) is 5.81. The normalized spacial score (nSPS) is 15.2. The topological polar surface area (TPSA) is 85.5 Å². The summed E-state index contributed by atoms with van der Waals surface area (Å²) in [5.41, 5.74) is 0.952. The molecule has 3 heterocycles. The van der Waals surface area contributed by atoms with E-state index in [1.807, 2.05) is 12.1 Å². The van der Waals surface area contributed by atoms with Crippen molar-refractivity contribution < 1.29 is 13.9 Å². The molecular formula is C23H16ClN3O4S. The first-order chi connectivity index (χ1) is 15.5. The van der Waals surface area contributed by atoms with Crippen LogP contribution in [0.15, 0.2) is 64.3 Å². The minimum Gasteiger partial charge on any atom is -0.490 e. The number of aromatic nitrogens is 2. The van der Waals surface area contributed by atoms with Crippen molar-refractivity contribution in [3.63, 3.8) is 0 Å². The number of nitrogens with zero attached hydrogens (tertiary/aromatic N) is 3. The van der Waals surface area contributed by atoms with Crippen molar-refractivity contribution in [3.05, 3.63) is 92.3 Å². The Hall–Kier alpha value is -3.49. The van der Waals surface area contributed by atoms with Gasteiger partial charge in [-0.25, -0.2) is 0 Å². The van der Waals surface area contributed by atoms with Gasteiger partial charge >= 0.3 is 0 Å². The van der Waals surface area contributed by atoms with Crippen molar-refractivity contribution >= 4 is 44.9 Å².